The fourth-order valence-electron chi connectivity index (χ4n) is 1.81. The first-order valence-corrected chi connectivity index (χ1v) is 7.53. The van der Waals surface area contributed by atoms with Gasteiger partial charge in [-0.3, -0.25) is 4.79 Å². The van der Waals surface area contributed by atoms with Crippen molar-refractivity contribution in [2.75, 3.05) is 0 Å². The Morgan fingerprint density at radius 1 is 1.45 bits per heavy atom. The molecule has 1 heterocycles. The molecule has 0 aliphatic heterocycles. The Labute approximate surface area is 138 Å². The monoisotopic (exact) mass is 342 g/mol. The highest BCUT2D eigenvalue weighted by molar-refractivity contribution is 6.42. The predicted molar refractivity (Wildman–Crippen MR) is 84.1 cm³/mol. The lowest BCUT2D eigenvalue weighted by molar-refractivity contribution is -0.127. The molecule has 0 radical (unpaired) electrons. The Kier molecular flexibility index (Phi) is 5.63. The van der Waals surface area contributed by atoms with E-state index in [2.05, 4.69) is 15.5 Å². The number of aromatic nitrogens is 3. The van der Waals surface area contributed by atoms with Gasteiger partial charge >= 0.3 is 0 Å². The number of nitrogens with zero attached hydrogens (tertiary/aromatic N) is 3. The summed E-state index contributed by atoms with van der Waals surface area (Å²) < 4.78 is 7.39. The molecule has 0 unspecified atom stereocenters. The summed E-state index contributed by atoms with van der Waals surface area (Å²) in [7, 11) is 0. The van der Waals surface area contributed by atoms with E-state index >= 15 is 0 Å². The van der Waals surface area contributed by atoms with Crippen LogP contribution in [0.3, 0.4) is 0 Å². The van der Waals surface area contributed by atoms with Crippen molar-refractivity contribution in [3.05, 3.63) is 40.4 Å². The average Bonchev–Trinajstić information content (AvgIpc) is 2.96. The number of halogens is 2. The van der Waals surface area contributed by atoms with Crippen molar-refractivity contribution >= 4 is 29.1 Å². The highest BCUT2D eigenvalue weighted by atomic mass is 35.5. The van der Waals surface area contributed by atoms with Gasteiger partial charge in [0.1, 0.15) is 17.1 Å². The van der Waals surface area contributed by atoms with E-state index in [-0.39, 0.29) is 17.5 Å². The van der Waals surface area contributed by atoms with Crippen LogP contribution in [0.2, 0.25) is 10.0 Å². The summed E-state index contributed by atoms with van der Waals surface area (Å²) in [6.45, 7) is 4.63. The van der Waals surface area contributed by atoms with Gasteiger partial charge in [0, 0.05) is 6.54 Å². The second-order valence-corrected chi connectivity index (χ2v) is 5.35. The van der Waals surface area contributed by atoms with Gasteiger partial charge in [-0.1, -0.05) is 29.3 Å². The van der Waals surface area contributed by atoms with Crippen LogP contribution in [-0.2, 0) is 17.9 Å². The summed E-state index contributed by atoms with van der Waals surface area (Å²) in [5.41, 5.74) is 0. The summed E-state index contributed by atoms with van der Waals surface area (Å²) >= 11 is 11.9. The third kappa shape index (κ3) is 3.90. The highest BCUT2D eigenvalue weighted by Gasteiger charge is 2.17. The topological polar surface area (TPSA) is 69.0 Å². The predicted octanol–water partition coefficient (Wildman–Crippen LogP) is 2.69. The van der Waals surface area contributed by atoms with Crippen molar-refractivity contribution in [2.24, 2.45) is 0 Å². The molecule has 0 saturated carbocycles. The number of rotatable bonds is 6. The molecule has 1 atom stereocenters. The van der Waals surface area contributed by atoms with E-state index in [1.807, 2.05) is 11.5 Å². The fraction of sp³-hybridized carbons (Fsp3) is 0.357. The second kappa shape index (κ2) is 7.47. The lowest BCUT2D eigenvalue weighted by Gasteiger charge is -2.16. The number of nitrogens with one attached hydrogen (secondary N) is 1. The van der Waals surface area contributed by atoms with Crippen LogP contribution < -0.4 is 10.1 Å². The van der Waals surface area contributed by atoms with Gasteiger partial charge < -0.3 is 14.6 Å². The molecule has 1 aromatic carbocycles. The van der Waals surface area contributed by atoms with E-state index in [0.29, 0.717) is 16.6 Å². The second-order valence-electron chi connectivity index (χ2n) is 4.56. The molecule has 1 N–H and O–H groups in total. The van der Waals surface area contributed by atoms with Crippen LogP contribution >= 0.6 is 23.2 Å². The number of carbonyl (C=O) groups is 1. The fourth-order valence-corrected chi connectivity index (χ4v) is 2.15. The molecule has 0 bridgehead atoms. The summed E-state index contributed by atoms with van der Waals surface area (Å²) in [4.78, 5) is 12.1. The molecular weight excluding hydrogens is 327 g/mol. The molecular formula is C14H16Cl2N4O2. The largest absolute Gasteiger partial charge is 0.479 e. The third-order valence-electron chi connectivity index (χ3n) is 3.05. The Morgan fingerprint density at radius 3 is 2.95 bits per heavy atom. The highest BCUT2D eigenvalue weighted by Crippen LogP contribution is 2.32. The maximum atomic E-state index is 12.1. The van der Waals surface area contributed by atoms with Crippen LogP contribution in [-0.4, -0.2) is 26.8 Å². The first-order chi connectivity index (χ1) is 10.5. The van der Waals surface area contributed by atoms with Gasteiger partial charge in [-0.25, -0.2) is 0 Å². The lowest BCUT2D eigenvalue weighted by Crippen LogP contribution is -2.36. The van der Waals surface area contributed by atoms with E-state index < -0.39 is 6.10 Å². The van der Waals surface area contributed by atoms with Gasteiger partial charge in [0.05, 0.1) is 11.6 Å². The molecule has 2 aromatic rings. The first-order valence-electron chi connectivity index (χ1n) is 6.78. The molecule has 118 valence electrons. The van der Waals surface area contributed by atoms with Gasteiger partial charge in [0.25, 0.3) is 5.91 Å². The number of ether oxygens (including phenoxy) is 1. The molecule has 1 aromatic heterocycles. The number of carbonyl (C=O) groups excluding carboxylic acids is 1. The standard InChI is InChI=1S/C14H16Cl2N4O2/c1-3-20-8-18-19-12(20)7-17-14(21)9(2)22-11-6-4-5-10(15)13(11)16/h4-6,8-9H,3,7H2,1-2H3,(H,17,21)/t9-/m1/s1. The number of aryl methyl sites for hydroxylation is 1. The number of hydrogen-bond donors (Lipinski definition) is 1. The van der Waals surface area contributed by atoms with Crippen LogP contribution in [0.5, 0.6) is 5.75 Å². The summed E-state index contributed by atoms with van der Waals surface area (Å²) in [6.07, 6.45) is 0.904. The van der Waals surface area contributed by atoms with Gasteiger partial charge in [-0.15, -0.1) is 10.2 Å². The minimum absolute atomic E-state index is 0.276. The molecule has 0 fully saturated rings. The molecule has 0 saturated heterocycles. The summed E-state index contributed by atoms with van der Waals surface area (Å²) in [6, 6.07) is 5.02. The van der Waals surface area contributed by atoms with Crippen LogP contribution in [0, 0.1) is 0 Å². The van der Waals surface area contributed by atoms with Gasteiger partial charge in [0.15, 0.2) is 11.9 Å². The SMILES string of the molecule is CCn1cnnc1CNC(=O)[C@@H](C)Oc1cccc(Cl)c1Cl. The van der Waals surface area contributed by atoms with Crippen molar-refractivity contribution in [1.82, 2.24) is 20.1 Å². The van der Waals surface area contributed by atoms with Crippen molar-refractivity contribution in [1.29, 1.82) is 0 Å². The van der Waals surface area contributed by atoms with Crippen LogP contribution in [0.1, 0.15) is 19.7 Å². The lowest BCUT2D eigenvalue weighted by atomic mass is 10.3. The quantitative estimate of drug-likeness (QED) is 0.876. The van der Waals surface area contributed by atoms with E-state index in [0.717, 1.165) is 6.54 Å². The van der Waals surface area contributed by atoms with Crippen LogP contribution in [0.25, 0.3) is 0 Å². The smallest absolute Gasteiger partial charge is 0.261 e. The summed E-state index contributed by atoms with van der Waals surface area (Å²) in [5.74, 6) is 0.777. The van der Waals surface area contributed by atoms with Crippen LogP contribution in [0.15, 0.2) is 24.5 Å². The Balaban J connectivity index is 1.93. The zero-order valence-corrected chi connectivity index (χ0v) is 13.7. The molecule has 0 aliphatic rings. The molecule has 1 amide bonds. The maximum absolute atomic E-state index is 12.1. The van der Waals surface area contributed by atoms with E-state index in [4.69, 9.17) is 27.9 Å². The number of hydrogen-bond acceptors (Lipinski definition) is 4. The first kappa shape index (κ1) is 16.6. The molecule has 0 aliphatic carbocycles. The zero-order valence-electron chi connectivity index (χ0n) is 12.2. The van der Waals surface area contributed by atoms with Crippen molar-refractivity contribution in [3.63, 3.8) is 0 Å². The van der Waals surface area contributed by atoms with Crippen LogP contribution in [0.4, 0.5) is 0 Å². The molecule has 6 nitrogen and oxygen atoms in total. The minimum atomic E-state index is -0.714. The van der Waals surface area contributed by atoms with Crippen molar-refractivity contribution < 1.29 is 9.53 Å². The minimum Gasteiger partial charge on any atom is -0.479 e. The molecule has 22 heavy (non-hydrogen) atoms. The normalized spacial score (nSPS) is 12.0. The van der Waals surface area contributed by atoms with Gasteiger partial charge in [-0.05, 0) is 26.0 Å². The van der Waals surface area contributed by atoms with Gasteiger partial charge in [-0.2, -0.15) is 0 Å². The Bertz CT molecular complexity index is 660. The molecule has 0 spiro atoms. The molecule has 2 rings (SSSR count). The van der Waals surface area contributed by atoms with Crippen molar-refractivity contribution in [2.45, 2.75) is 33.0 Å². The Hall–Kier alpha value is -1.79. The third-order valence-corrected chi connectivity index (χ3v) is 3.85. The number of amides is 1. The van der Waals surface area contributed by atoms with Crippen molar-refractivity contribution in [3.8, 4) is 5.75 Å². The van der Waals surface area contributed by atoms with E-state index in [9.17, 15) is 4.79 Å². The zero-order chi connectivity index (χ0) is 16.1. The molecule has 8 heteroatoms. The summed E-state index contributed by atoms with van der Waals surface area (Å²) in [5, 5.41) is 11.2. The Morgan fingerprint density at radius 2 is 2.23 bits per heavy atom. The average molecular weight is 343 g/mol. The van der Waals surface area contributed by atoms with E-state index in [1.165, 1.54) is 0 Å². The maximum Gasteiger partial charge on any atom is 0.261 e. The number of benzene rings is 1. The van der Waals surface area contributed by atoms with E-state index in [1.54, 1.807) is 31.5 Å². The van der Waals surface area contributed by atoms with Gasteiger partial charge in [0.2, 0.25) is 0 Å².